The van der Waals surface area contributed by atoms with E-state index in [4.69, 9.17) is 9.26 Å². The number of hydrogen-bond donors (Lipinski definition) is 1. The van der Waals surface area contributed by atoms with Crippen molar-refractivity contribution in [3.63, 3.8) is 0 Å². The second kappa shape index (κ2) is 6.75. The summed E-state index contributed by atoms with van der Waals surface area (Å²) >= 11 is 0. The van der Waals surface area contributed by atoms with Gasteiger partial charge >= 0.3 is 0 Å². The zero-order valence-electron chi connectivity index (χ0n) is 11.7. The van der Waals surface area contributed by atoms with Crippen molar-refractivity contribution in [3.8, 4) is 16.9 Å². The van der Waals surface area contributed by atoms with Crippen molar-refractivity contribution >= 4 is 11.8 Å². The second-order valence-electron chi connectivity index (χ2n) is 4.45. The van der Waals surface area contributed by atoms with Gasteiger partial charge in [0.25, 0.3) is 0 Å². The lowest BCUT2D eigenvalue weighted by Gasteiger charge is -2.05. The van der Waals surface area contributed by atoms with Crippen molar-refractivity contribution < 1.29 is 14.1 Å². The number of unbranched alkanes of at least 4 members (excludes halogenated alkanes) is 1. The molecule has 0 saturated carbocycles. The van der Waals surface area contributed by atoms with E-state index in [2.05, 4.69) is 10.5 Å². The van der Waals surface area contributed by atoms with Crippen LogP contribution in [0.4, 0.5) is 5.88 Å². The number of anilines is 1. The number of amides is 1. The van der Waals surface area contributed by atoms with E-state index in [1.807, 2.05) is 31.2 Å². The van der Waals surface area contributed by atoms with Crippen LogP contribution in [0.1, 0.15) is 26.2 Å². The van der Waals surface area contributed by atoms with Crippen molar-refractivity contribution in [2.75, 3.05) is 12.4 Å². The first-order chi connectivity index (χ1) is 9.74. The predicted molar refractivity (Wildman–Crippen MR) is 76.6 cm³/mol. The summed E-state index contributed by atoms with van der Waals surface area (Å²) in [5, 5.41) is 6.51. The molecule has 1 N–H and O–H groups in total. The van der Waals surface area contributed by atoms with Crippen LogP contribution in [0.15, 0.2) is 35.0 Å². The van der Waals surface area contributed by atoms with Gasteiger partial charge in [-0.3, -0.25) is 10.1 Å². The molecule has 5 nitrogen and oxygen atoms in total. The molecule has 5 heteroatoms. The minimum Gasteiger partial charge on any atom is -0.497 e. The fourth-order valence-corrected chi connectivity index (χ4v) is 1.83. The van der Waals surface area contributed by atoms with E-state index < -0.39 is 0 Å². The summed E-state index contributed by atoms with van der Waals surface area (Å²) in [6.07, 6.45) is 3.92. The zero-order valence-corrected chi connectivity index (χ0v) is 11.7. The van der Waals surface area contributed by atoms with E-state index in [0.717, 1.165) is 29.7 Å². The van der Waals surface area contributed by atoms with Gasteiger partial charge in [-0.2, -0.15) is 0 Å². The van der Waals surface area contributed by atoms with E-state index >= 15 is 0 Å². The molecule has 0 aliphatic carbocycles. The summed E-state index contributed by atoms with van der Waals surface area (Å²) < 4.78 is 10.2. The standard InChI is InChI=1S/C15H18N2O3/c1-3-4-5-14(18)17-15-13(10-16-20-15)11-6-8-12(19-2)9-7-11/h6-10H,3-5H2,1-2H3,(H,17,18). The molecule has 1 aromatic carbocycles. The van der Waals surface area contributed by atoms with Crippen LogP contribution in [0, 0.1) is 0 Å². The number of rotatable bonds is 6. The molecule has 0 spiro atoms. The Bertz CT molecular complexity index is 561. The monoisotopic (exact) mass is 274 g/mol. The maximum absolute atomic E-state index is 11.7. The Morgan fingerprint density at radius 3 is 2.75 bits per heavy atom. The highest BCUT2D eigenvalue weighted by Crippen LogP contribution is 2.29. The number of nitrogens with zero attached hydrogens (tertiary/aromatic N) is 1. The van der Waals surface area contributed by atoms with E-state index in [1.165, 1.54) is 0 Å². The molecule has 0 aliphatic heterocycles. The minimum absolute atomic E-state index is 0.0571. The summed E-state index contributed by atoms with van der Waals surface area (Å²) in [4.78, 5) is 11.7. The Kier molecular flexibility index (Phi) is 4.76. The summed E-state index contributed by atoms with van der Waals surface area (Å²) in [5.41, 5.74) is 1.68. The normalized spacial score (nSPS) is 10.3. The number of methoxy groups -OCH3 is 1. The van der Waals surface area contributed by atoms with E-state index in [0.29, 0.717) is 12.3 Å². The van der Waals surface area contributed by atoms with Gasteiger partial charge in [0, 0.05) is 6.42 Å². The lowest BCUT2D eigenvalue weighted by atomic mass is 10.1. The quantitative estimate of drug-likeness (QED) is 0.875. The van der Waals surface area contributed by atoms with Gasteiger partial charge in [0.2, 0.25) is 11.8 Å². The molecule has 2 rings (SSSR count). The number of carbonyl (C=O) groups is 1. The topological polar surface area (TPSA) is 64.4 Å². The smallest absolute Gasteiger partial charge is 0.239 e. The third-order valence-electron chi connectivity index (χ3n) is 2.98. The SMILES string of the molecule is CCCCC(=O)Nc1oncc1-c1ccc(OC)cc1. The third kappa shape index (κ3) is 3.38. The predicted octanol–water partition coefficient (Wildman–Crippen LogP) is 3.48. The highest BCUT2D eigenvalue weighted by molar-refractivity contribution is 5.93. The maximum atomic E-state index is 11.7. The van der Waals surface area contributed by atoms with E-state index in [1.54, 1.807) is 13.3 Å². The minimum atomic E-state index is -0.0571. The van der Waals surface area contributed by atoms with Crippen LogP contribution >= 0.6 is 0 Å². The van der Waals surface area contributed by atoms with Crippen LogP contribution in [-0.4, -0.2) is 18.2 Å². The fourth-order valence-electron chi connectivity index (χ4n) is 1.83. The molecule has 0 radical (unpaired) electrons. The van der Waals surface area contributed by atoms with Crippen molar-refractivity contribution in [1.82, 2.24) is 5.16 Å². The summed E-state index contributed by atoms with van der Waals surface area (Å²) in [6.45, 7) is 2.05. The first-order valence-electron chi connectivity index (χ1n) is 6.63. The van der Waals surface area contributed by atoms with Gasteiger partial charge in [-0.25, -0.2) is 0 Å². The molecule has 0 aliphatic rings. The van der Waals surface area contributed by atoms with Gasteiger partial charge in [-0.05, 0) is 24.1 Å². The van der Waals surface area contributed by atoms with Gasteiger partial charge in [0.1, 0.15) is 5.75 Å². The molecule has 0 saturated heterocycles. The van der Waals surface area contributed by atoms with Crippen LogP contribution in [-0.2, 0) is 4.79 Å². The van der Waals surface area contributed by atoms with Crippen LogP contribution < -0.4 is 10.1 Å². The highest BCUT2D eigenvalue weighted by atomic mass is 16.5. The number of benzene rings is 1. The second-order valence-corrected chi connectivity index (χ2v) is 4.45. The van der Waals surface area contributed by atoms with Gasteiger partial charge in [0.15, 0.2) is 0 Å². The number of nitrogens with one attached hydrogen (secondary N) is 1. The van der Waals surface area contributed by atoms with Crippen LogP contribution in [0.3, 0.4) is 0 Å². The molecule has 1 heterocycles. The van der Waals surface area contributed by atoms with Gasteiger partial charge in [0.05, 0.1) is 18.9 Å². The average Bonchev–Trinajstić information content (AvgIpc) is 2.93. The summed E-state index contributed by atoms with van der Waals surface area (Å²) in [5.74, 6) is 1.10. The van der Waals surface area contributed by atoms with Gasteiger partial charge in [-0.1, -0.05) is 30.6 Å². The molecule has 20 heavy (non-hydrogen) atoms. The van der Waals surface area contributed by atoms with E-state index in [-0.39, 0.29) is 5.91 Å². The molecule has 0 fully saturated rings. The Morgan fingerprint density at radius 2 is 2.10 bits per heavy atom. The maximum Gasteiger partial charge on any atom is 0.239 e. The molecule has 1 amide bonds. The zero-order chi connectivity index (χ0) is 14.4. The molecule has 0 unspecified atom stereocenters. The number of aromatic nitrogens is 1. The Morgan fingerprint density at radius 1 is 1.35 bits per heavy atom. The Balaban J connectivity index is 2.13. The largest absolute Gasteiger partial charge is 0.497 e. The Hall–Kier alpha value is -2.30. The number of hydrogen-bond acceptors (Lipinski definition) is 4. The molecule has 0 bridgehead atoms. The average molecular weight is 274 g/mol. The lowest BCUT2D eigenvalue weighted by molar-refractivity contribution is -0.116. The number of carbonyl (C=O) groups excluding carboxylic acids is 1. The van der Waals surface area contributed by atoms with Crippen LogP contribution in [0.25, 0.3) is 11.1 Å². The van der Waals surface area contributed by atoms with Gasteiger partial charge < -0.3 is 9.26 Å². The summed E-state index contributed by atoms with van der Waals surface area (Å²) in [6, 6.07) is 7.50. The molecule has 2 aromatic rings. The number of ether oxygens (including phenoxy) is 1. The molecular formula is C15H18N2O3. The first kappa shape index (κ1) is 14.1. The Labute approximate surface area is 117 Å². The fraction of sp³-hybridized carbons (Fsp3) is 0.333. The van der Waals surface area contributed by atoms with Gasteiger partial charge in [-0.15, -0.1) is 0 Å². The van der Waals surface area contributed by atoms with E-state index in [9.17, 15) is 4.79 Å². The van der Waals surface area contributed by atoms with Crippen LogP contribution in [0.5, 0.6) is 5.75 Å². The molecule has 106 valence electrons. The third-order valence-corrected chi connectivity index (χ3v) is 2.98. The molecule has 0 atom stereocenters. The van der Waals surface area contributed by atoms with Crippen molar-refractivity contribution in [3.05, 3.63) is 30.5 Å². The molecular weight excluding hydrogens is 256 g/mol. The lowest BCUT2D eigenvalue weighted by Crippen LogP contribution is -2.10. The van der Waals surface area contributed by atoms with Crippen molar-refractivity contribution in [2.24, 2.45) is 0 Å². The van der Waals surface area contributed by atoms with Crippen molar-refractivity contribution in [1.29, 1.82) is 0 Å². The highest BCUT2D eigenvalue weighted by Gasteiger charge is 2.13. The molecule has 1 aromatic heterocycles. The summed E-state index contributed by atoms with van der Waals surface area (Å²) in [7, 11) is 1.62. The van der Waals surface area contributed by atoms with Crippen molar-refractivity contribution in [2.45, 2.75) is 26.2 Å². The first-order valence-corrected chi connectivity index (χ1v) is 6.63. The van der Waals surface area contributed by atoms with Crippen LogP contribution in [0.2, 0.25) is 0 Å².